The first-order chi connectivity index (χ1) is 8.31. The monoisotopic (exact) mass is 270 g/mol. The lowest BCUT2D eigenvalue weighted by atomic mass is 10.1. The molecule has 0 unspecified atom stereocenters. The Morgan fingerprint density at radius 2 is 1.50 bits per heavy atom. The van der Waals surface area contributed by atoms with Crippen molar-refractivity contribution in [3.8, 4) is 11.5 Å². The van der Waals surface area contributed by atoms with Gasteiger partial charge in [-0.2, -0.15) is 0 Å². The van der Waals surface area contributed by atoms with E-state index in [-0.39, 0.29) is 19.6 Å². The summed E-state index contributed by atoms with van der Waals surface area (Å²) >= 11 is 0. The van der Waals surface area contributed by atoms with E-state index in [0.29, 0.717) is 0 Å². The van der Waals surface area contributed by atoms with Crippen molar-refractivity contribution in [3.05, 3.63) is 0 Å². The third-order valence-electron chi connectivity index (χ3n) is 1.91. The maximum atomic E-state index is 11.6. The van der Waals surface area contributed by atoms with Crippen LogP contribution in [0, 0.1) is 17.4 Å². The minimum absolute atomic E-state index is 0.169. The molecule has 4 nitrogen and oxygen atoms in total. The Morgan fingerprint density at radius 3 is 1.83 bits per heavy atom. The molecule has 0 aromatic heterocycles. The molecule has 0 spiro atoms. The molecule has 0 saturated heterocycles. The Morgan fingerprint density at radius 1 is 1.06 bits per heavy atom. The van der Waals surface area contributed by atoms with E-state index in [2.05, 4.69) is 31.1 Å². The number of carbonyl (C=O) groups is 2. The maximum absolute atomic E-state index is 11.6. The Balaban J connectivity index is 4.71. The van der Waals surface area contributed by atoms with E-state index in [9.17, 15) is 9.59 Å². The summed E-state index contributed by atoms with van der Waals surface area (Å²) in [4.78, 5) is 23.3. The van der Waals surface area contributed by atoms with Gasteiger partial charge in [0.25, 0.3) is 0 Å². The largest absolute Gasteiger partial charge is 0.465 e. The fourth-order valence-electron chi connectivity index (χ4n) is 1.17. The SMILES string of the molecule is CCOC(=O)C(CC#C[Si](C)(C)C)C(=O)OCC. The third-order valence-corrected chi connectivity index (χ3v) is 2.84. The number of hydrogen-bond donors (Lipinski definition) is 0. The molecule has 102 valence electrons. The van der Waals surface area contributed by atoms with Crippen LogP contribution in [0.1, 0.15) is 20.3 Å². The first kappa shape index (κ1) is 16.7. The maximum Gasteiger partial charge on any atom is 0.321 e. The van der Waals surface area contributed by atoms with Gasteiger partial charge in [-0.3, -0.25) is 9.59 Å². The summed E-state index contributed by atoms with van der Waals surface area (Å²) in [6, 6.07) is 0. The molecule has 0 aliphatic rings. The van der Waals surface area contributed by atoms with Crippen LogP contribution in [0.4, 0.5) is 0 Å². The highest BCUT2D eigenvalue weighted by Gasteiger charge is 2.28. The Labute approximate surface area is 110 Å². The van der Waals surface area contributed by atoms with Gasteiger partial charge in [-0.1, -0.05) is 19.6 Å². The fourth-order valence-corrected chi connectivity index (χ4v) is 1.80. The van der Waals surface area contributed by atoms with E-state index in [1.54, 1.807) is 13.8 Å². The van der Waals surface area contributed by atoms with E-state index in [1.165, 1.54) is 0 Å². The van der Waals surface area contributed by atoms with Crippen molar-refractivity contribution in [2.24, 2.45) is 5.92 Å². The molecule has 0 heterocycles. The van der Waals surface area contributed by atoms with E-state index < -0.39 is 25.9 Å². The second-order valence-corrected chi connectivity index (χ2v) is 9.56. The molecule has 18 heavy (non-hydrogen) atoms. The van der Waals surface area contributed by atoms with Crippen LogP contribution in [0.2, 0.25) is 19.6 Å². The molecule has 0 atom stereocenters. The van der Waals surface area contributed by atoms with E-state index in [1.807, 2.05) is 0 Å². The highest BCUT2D eigenvalue weighted by molar-refractivity contribution is 6.83. The zero-order valence-electron chi connectivity index (χ0n) is 11.8. The van der Waals surface area contributed by atoms with Crippen molar-refractivity contribution in [2.75, 3.05) is 13.2 Å². The van der Waals surface area contributed by atoms with E-state index >= 15 is 0 Å². The predicted molar refractivity (Wildman–Crippen MR) is 72.5 cm³/mol. The lowest BCUT2D eigenvalue weighted by molar-refractivity contribution is -0.161. The number of esters is 2. The van der Waals surface area contributed by atoms with Crippen LogP contribution in [0.15, 0.2) is 0 Å². The lowest BCUT2D eigenvalue weighted by Gasteiger charge is -2.12. The molecule has 0 aliphatic heterocycles. The van der Waals surface area contributed by atoms with Crippen LogP contribution < -0.4 is 0 Å². The normalized spacial score (nSPS) is 10.6. The topological polar surface area (TPSA) is 52.6 Å². The van der Waals surface area contributed by atoms with Crippen molar-refractivity contribution >= 4 is 20.0 Å². The van der Waals surface area contributed by atoms with Gasteiger partial charge in [0.15, 0.2) is 5.92 Å². The van der Waals surface area contributed by atoms with Crippen LogP contribution in [0.5, 0.6) is 0 Å². The van der Waals surface area contributed by atoms with Gasteiger partial charge in [-0.05, 0) is 13.8 Å². The number of ether oxygens (including phenoxy) is 2. The van der Waals surface area contributed by atoms with Crippen LogP contribution >= 0.6 is 0 Å². The van der Waals surface area contributed by atoms with Crippen LogP contribution in [-0.2, 0) is 19.1 Å². The first-order valence-electron chi connectivity index (χ1n) is 6.15. The second kappa shape index (κ2) is 7.93. The summed E-state index contributed by atoms with van der Waals surface area (Å²) in [5.74, 6) is 0.882. The van der Waals surface area contributed by atoms with Crippen LogP contribution in [0.25, 0.3) is 0 Å². The number of rotatable bonds is 5. The average Bonchev–Trinajstić information content (AvgIpc) is 2.23. The van der Waals surface area contributed by atoms with Gasteiger partial charge in [0, 0.05) is 6.42 Å². The Hall–Kier alpha value is -1.28. The zero-order valence-corrected chi connectivity index (χ0v) is 12.8. The zero-order chi connectivity index (χ0) is 14.2. The minimum Gasteiger partial charge on any atom is -0.465 e. The van der Waals surface area contributed by atoms with Gasteiger partial charge in [0.05, 0.1) is 13.2 Å². The van der Waals surface area contributed by atoms with Crippen LogP contribution in [0.3, 0.4) is 0 Å². The molecule has 0 aliphatic carbocycles. The highest BCUT2D eigenvalue weighted by Crippen LogP contribution is 2.09. The second-order valence-electron chi connectivity index (χ2n) is 4.81. The quantitative estimate of drug-likeness (QED) is 0.332. The molecular formula is C13H22O4Si. The molecule has 0 amide bonds. The van der Waals surface area contributed by atoms with Crippen molar-refractivity contribution in [1.29, 1.82) is 0 Å². The summed E-state index contributed by atoms with van der Waals surface area (Å²) in [6.45, 7) is 10.2. The lowest BCUT2D eigenvalue weighted by Crippen LogP contribution is -2.28. The molecule has 0 radical (unpaired) electrons. The summed E-state index contributed by atoms with van der Waals surface area (Å²) in [6.07, 6.45) is 0.169. The van der Waals surface area contributed by atoms with Crippen molar-refractivity contribution in [2.45, 2.75) is 39.9 Å². The molecule has 0 aromatic rings. The Bertz CT molecular complexity index is 328. The average molecular weight is 270 g/mol. The predicted octanol–water partition coefficient (Wildman–Crippen LogP) is 2.00. The minimum atomic E-state index is -1.50. The van der Waals surface area contributed by atoms with Gasteiger partial charge in [-0.25, -0.2) is 0 Å². The third kappa shape index (κ3) is 7.12. The van der Waals surface area contributed by atoms with E-state index in [0.717, 1.165) is 0 Å². The summed E-state index contributed by atoms with van der Waals surface area (Å²) in [7, 11) is -1.50. The molecule has 0 aromatic carbocycles. The molecule has 0 N–H and O–H groups in total. The first-order valence-corrected chi connectivity index (χ1v) is 9.65. The van der Waals surface area contributed by atoms with Gasteiger partial charge in [-0.15, -0.1) is 11.5 Å². The summed E-state index contributed by atoms with van der Waals surface area (Å²) in [5.41, 5.74) is 3.12. The van der Waals surface area contributed by atoms with Crippen molar-refractivity contribution < 1.29 is 19.1 Å². The van der Waals surface area contributed by atoms with Gasteiger partial charge in [0.2, 0.25) is 0 Å². The van der Waals surface area contributed by atoms with Crippen molar-refractivity contribution in [1.82, 2.24) is 0 Å². The Kier molecular flexibility index (Phi) is 7.37. The fraction of sp³-hybridized carbons (Fsp3) is 0.692. The summed E-state index contributed by atoms with van der Waals surface area (Å²) in [5, 5.41) is 0. The van der Waals surface area contributed by atoms with Crippen LogP contribution in [-0.4, -0.2) is 33.2 Å². The number of hydrogen-bond acceptors (Lipinski definition) is 4. The number of carbonyl (C=O) groups excluding carboxylic acids is 2. The highest BCUT2D eigenvalue weighted by atomic mass is 28.3. The summed E-state index contributed by atoms with van der Waals surface area (Å²) < 4.78 is 9.72. The van der Waals surface area contributed by atoms with Gasteiger partial charge in [0.1, 0.15) is 8.07 Å². The molecule has 0 saturated carbocycles. The standard InChI is InChI=1S/C13H22O4Si/c1-6-16-12(14)11(13(15)17-7-2)9-8-10-18(3,4)5/h11H,6-7,9H2,1-5H3. The van der Waals surface area contributed by atoms with Gasteiger partial charge < -0.3 is 9.47 Å². The smallest absolute Gasteiger partial charge is 0.321 e. The van der Waals surface area contributed by atoms with Gasteiger partial charge >= 0.3 is 11.9 Å². The molecule has 5 heteroatoms. The molecule has 0 fully saturated rings. The van der Waals surface area contributed by atoms with Crippen molar-refractivity contribution in [3.63, 3.8) is 0 Å². The molecule has 0 rings (SSSR count). The van der Waals surface area contributed by atoms with E-state index in [4.69, 9.17) is 9.47 Å². The molecular weight excluding hydrogens is 248 g/mol. The molecule has 0 bridgehead atoms.